The standard InChI is InChI=1S/C17H16ClN3O/c1-11(14-9-13(18)3-5-17(14)22)21-10-12-2-4-15-16(8-12)20-7-6-19-15/h2-9,11,21-22H,10H2,1H3. The first-order valence-electron chi connectivity index (χ1n) is 7.05. The minimum absolute atomic E-state index is 0.0174. The van der Waals surface area contributed by atoms with Gasteiger partial charge >= 0.3 is 0 Å². The minimum atomic E-state index is -0.0174. The number of rotatable bonds is 4. The fourth-order valence-corrected chi connectivity index (χ4v) is 2.55. The van der Waals surface area contributed by atoms with E-state index in [0.717, 1.165) is 22.2 Å². The third-order valence-corrected chi connectivity index (χ3v) is 3.84. The molecular formula is C17H16ClN3O. The van der Waals surface area contributed by atoms with Gasteiger partial charge in [-0.05, 0) is 42.8 Å². The average molecular weight is 314 g/mol. The lowest BCUT2D eigenvalue weighted by Crippen LogP contribution is -2.18. The molecule has 0 aliphatic carbocycles. The van der Waals surface area contributed by atoms with E-state index in [1.54, 1.807) is 30.6 Å². The summed E-state index contributed by atoms with van der Waals surface area (Å²) >= 11 is 5.99. The number of hydrogen-bond donors (Lipinski definition) is 2. The Hall–Kier alpha value is -2.17. The molecule has 0 saturated carbocycles. The Balaban J connectivity index is 1.74. The number of halogens is 1. The van der Waals surface area contributed by atoms with Crippen molar-refractivity contribution in [1.82, 2.24) is 15.3 Å². The molecule has 0 fully saturated rings. The summed E-state index contributed by atoms with van der Waals surface area (Å²) < 4.78 is 0. The summed E-state index contributed by atoms with van der Waals surface area (Å²) in [5.74, 6) is 0.244. The maximum Gasteiger partial charge on any atom is 0.120 e. The van der Waals surface area contributed by atoms with Crippen molar-refractivity contribution >= 4 is 22.6 Å². The molecule has 1 unspecified atom stereocenters. The monoisotopic (exact) mass is 313 g/mol. The van der Waals surface area contributed by atoms with Gasteiger partial charge in [-0.2, -0.15) is 0 Å². The molecule has 4 nitrogen and oxygen atoms in total. The van der Waals surface area contributed by atoms with Crippen LogP contribution in [0.15, 0.2) is 48.8 Å². The van der Waals surface area contributed by atoms with E-state index in [-0.39, 0.29) is 11.8 Å². The first kappa shape index (κ1) is 14.8. The van der Waals surface area contributed by atoms with Crippen LogP contribution in [-0.4, -0.2) is 15.1 Å². The summed E-state index contributed by atoms with van der Waals surface area (Å²) in [5.41, 5.74) is 3.65. The smallest absolute Gasteiger partial charge is 0.120 e. The molecular weight excluding hydrogens is 298 g/mol. The predicted octanol–water partition coefficient (Wildman–Crippen LogP) is 3.84. The number of nitrogens with zero attached hydrogens (tertiary/aromatic N) is 2. The van der Waals surface area contributed by atoms with Gasteiger partial charge in [0.25, 0.3) is 0 Å². The van der Waals surface area contributed by atoms with Crippen molar-refractivity contribution in [2.24, 2.45) is 0 Å². The number of hydrogen-bond acceptors (Lipinski definition) is 4. The van der Waals surface area contributed by atoms with Gasteiger partial charge in [-0.1, -0.05) is 17.7 Å². The highest BCUT2D eigenvalue weighted by atomic mass is 35.5. The highest BCUT2D eigenvalue weighted by Gasteiger charge is 2.10. The van der Waals surface area contributed by atoms with Gasteiger partial charge in [0.15, 0.2) is 0 Å². The quantitative estimate of drug-likeness (QED) is 0.768. The van der Waals surface area contributed by atoms with Gasteiger partial charge in [-0.15, -0.1) is 0 Å². The lowest BCUT2D eigenvalue weighted by Gasteiger charge is -2.16. The number of phenolic OH excluding ortho intramolecular Hbond substituents is 1. The third-order valence-electron chi connectivity index (χ3n) is 3.60. The molecule has 0 amide bonds. The maximum absolute atomic E-state index is 9.93. The average Bonchev–Trinajstić information content (AvgIpc) is 2.54. The molecule has 1 heterocycles. The first-order valence-corrected chi connectivity index (χ1v) is 7.43. The molecule has 0 spiro atoms. The van der Waals surface area contributed by atoms with E-state index >= 15 is 0 Å². The number of benzene rings is 2. The second-order valence-corrected chi connectivity index (χ2v) is 5.62. The van der Waals surface area contributed by atoms with Crippen molar-refractivity contribution in [3.63, 3.8) is 0 Å². The molecule has 3 rings (SSSR count). The molecule has 2 aromatic carbocycles. The summed E-state index contributed by atoms with van der Waals surface area (Å²) in [6.07, 6.45) is 3.37. The van der Waals surface area contributed by atoms with Crippen LogP contribution >= 0.6 is 11.6 Å². The van der Waals surface area contributed by atoms with Crippen LogP contribution in [0.5, 0.6) is 5.75 Å². The SMILES string of the molecule is CC(NCc1ccc2nccnc2c1)c1cc(Cl)ccc1O. The van der Waals surface area contributed by atoms with Crippen LogP contribution in [0.1, 0.15) is 24.1 Å². The Bertz CT molecular complexity index is 807. The zero-order valence-corrected chi connectivity index (χ0v) is 12.9. The largest absolute Gasteiger partial charge is 0.508 e. The highest BCUT2D eigenvalue weighted by Crippen LogP contribution is 2.27. The number of aromatic nitrogens is 2. The van der Waals surface area contributed by atoms with E-state index in [1.165, 1.54) is 0 Å². The van der Waals surface area contributed by atoms with E-state index in [9.17, 15) is 5.11 Å². The lowest BCUT2D eigenvalue weighted by molar-refractivity contribution is 0.452. The zero-order valence-electron chi connectivity index (χ0n) is 12.1. The van der Waals surface area contributed by atoms with Gasteiger partial charge < -0.3 is 10.4 Å². The van der Waals surface area contributed by atoms with Crippen LogP contribution in [0.3, 0.4) is 0 Å². The summed E-state index contributed by atoms with van der Waals surface area (Å²) in [5, 5.41) is 13.9. The molecule has 0 bridgehead atoms. The van der Waals surface area contributed by atoms with Crippen molar-refractivity contribution in [1.29, 1.82) is 0 Å². The molecule has 0 radical (unpaired) electrons. The molecule has 2 N–H and O–H groups in total. The number of phenols is 1. The summed E-state index contributed by atoms with van der Waals surface area (Å²) in [4.78, 5) is 8.56. The van der Waals surface area contributed by atoms with Crippen LogP contribution in [0.2, 0.25) is 5.02 Å². The molecule has 0 saturated heterocycles. The van der Waals surface area contributed by atoms with Crippen LogP contribution in [-0.2, 0) is 6.54 Å². The van der Waals surface area contributed by atoms with Gasteiger partial charge in [0.05, 0.1) is 11.0 Å². The minimum Gasteiger partial charge on any atom is -0.508 e. The number of fused-ring (bicyclic) bond motifs is 1. The number of nitrogens with one attached hydrogen (secondary N) is 1. The maximum atomic E-state index is 9.93. The van der Waals surface area contributed by atoms with Crippen molar-refractivity contribution in [2.75, 3.05) is 0 Å². The van der Waals surface area contributed by atoms with Crippen molar-refractivity contribution < 1.29 is 5.11 Å². The first-order chi connectivity index (χ1) is 10.6. The third kappa shape index (κ3) is 3.18. The van der Waals surface area contributed by atoms with E-state index in [1.807, 2.05) is 25.1 Å². The van der Waals surface area contributed by atoms with Crippen molar-refractivity contribution in [2.45, 2.75) is 19.5 Å². The second-order valence-electron chi connectivity index (χ2n) is 5.19. The van der Waals surface area contributed by atoms with Crippen LogP contribution < -0.4 is 5.32 Å². The molecule has 22 heavy (non-hydrogen) atoms. The second kappa shape index (κ2) is 6.30. The Kier molecular flexibility index (Phi) is 4.22. The number of aromatic hydroxyl groups is 1. The Morgan fingerprint density at radius 1 is 1.09 bits per heavy atom. The van der Waals surface area contributed by atoms with Gasteiger partial charge in [0.2, 0.25) is 0 Å². The molecule has 1 aromatic heterocycles. The van der Waals surface area contributed by atoms with E-state index in [2.05, 4.69) is 15.3 Å². The molecule has 112 valence electrons. The van der Waals surface area contributed by atoms with Gasteiger partial charge in [-0.25, -0.2) is 0 Å². The fraction of sp³-hybridized carbons (Fsp3) is 0.176. The van der Waals surface area contributed by atoms with Crippen LogP contribution in [0, 0.1) is 0 Å². The topological polar surface area (TPSA) is 58.0 Å². The van der Waals surface area contributed by atoms with Crippen molar-refractivity contribution in [3.05, 3.63) is 64.9 Å². The molecule has 1 atom stereocenters. The Labute approximate surface area is 133 Å². The van der Waals surface area contributed by atoms with Crippen molar-refractivity contribution in [3.8, 4) is 5.75 Å². The van der Waals surface area contributed by atoms with Crippen LogP contribution in [0.4, 0.5) is 0 Å². The van der Waals surface area contributed by atoms with E-state index in [4.69, 9.17) is 11.6 Å². The van der Waals surface area contributed by atoms with Gasteiger partial charge in [0.1, 0.15) is 5.75 Å². The normalized spacial score (nSPS) is 12.5. The van der Waals surface area contributed by atoms with Gasteiger partial charge in [0, 0.05) is 35.6 Å². The van der Waals surface area contributed by atoms with E-state index in [0.29, 0.717) is 11.6 Å². The molecule has 0 aliphatic heterocycles. The summed E-state index contributed by atoms with van der Waals surface area (Å²) in [7, 11) is 0. The summed E-state index contributed by atoms with van der Waals surface area (Å²) in [6, 6.07) is 11.0. The van der Waals surface area contributed by atoms with E-state index < -0.39 is 0 Å². The molecule has 3 aromatic rings. The fourth-order valence-electron chi connectivity index (χ4n) is 2.37. The Morgan fingerprint density at radius 2 is 1.86 bits per heavy atom. The van der Waals surface area contributed by atoms with Crippen LogP contribution in [0.25, 0.3) is 11.0 Å². The van der Waals surface area contributed by atoms with Gasteiger partial charge in [-0.3, -0.25) is 9.97 Å². The summed E-state index contributed by atoms with van der Waals surface area (Å²) in [6.45, 7) is 2.66. The highest BCUT2D eigenvalue weighted by molar-refractivity contribution is 6.30. The zero-order chi connectivity index (χ0) is 15.5. The predicted molar refractivity (Wildman–Crippen MR) is 87.9 cm³/mol. The molecule has 5 heteroatoms. The molecule has 0 aliphatic rings. The lowest BCUT2D eigenvalue weighted by atomic mass is 10.1. The Morgan fingerprint density at radius 3 is 2.68 bits per heavy atom.